The summed E-state index contributed by atoms with van der Waals surface area (Å²) in [6, 6.07) is 6.57. The van der Waals surface area contributed by atoms with Crippen LogP contribution in [0.25, 0.3) is 10.8 Å². The number of fused-ring (bicyclic) bond motifs is 1. The van der Waals surface area contributed by atoms with Crippen molar-refractivity contribution in [3.8, 4) is 11.9 Å². The van der Waals surface area contributed by atoms with Crippen LogP contribution in [0.1, 0.15) is 72.8 Å². The molecule has 0 radical (unpaired) electrons. The molecule has 5 atom stereocenters. The molecule has 1 saturated heterocycles. The van der Waals surface area contributed by atoms with Crippen LogP contribution in [0.5, 0.6) is 5.88 Å². The quantitative estimate of drug-likeness (QED) is 0.309. The molecule has 3 N–H and O–H groups in total. The van der Waals surface area contributed by atoms with E-state index in [1.165, 1.54) is 17.2 Å². The standard InChI is InChI=1S/C35H44N6O8S/c1-8-22-17-35(22,31(44)40-50(46,47)24-10-11-24)39-28(42)26-16-23(48-29-25-12-9-20(18-36)15-21(25)13-14-37-29)19-41(26)30(43)27(33(2,3)4)38-32(45)49-34(5,6)7/h8-9,12-15,22-24,26-27H,1,10-11,16-17,19H2,2-7H3,(H,38,45)(H,39,42)(H,40,44)/t22-,23-,26+,27-,35-/m1/s1. The molecule has 1 aromatic heterocycles. The number of likely N-dealkylation sites (tertiary alicyclic amines) is 1. The summed E-state index contributed by atoms with van der Waals surface area (Å²) in [6.45, 7) is 14.1. The molecule has 3 fully saturated rings. The number of carbonyl (C=O) groups is 4. The third-order valence-corrected chi connectivity index (χ3v) is 10.8. The fourth-order valence-electron chi connectivity index (χ4n) is 6.11. The maximum absolute atomic E-state index is 14.4. The Morgan fingerprint density at radius 3 is 2.42 bits per heavy atom. The maximum Gasteiger partial charge on any atom is 0.408 e. The van der Waals surface area contributed by atoms with Gasteiger partial charge in [-0.3, -0.25) is 19.1 Å². The molecule has 0 unspecified atom stereocenters. The molecule has 15 heteroatoms. The molecule has 0 spiro atoms. The van der Waals surface area contributed by atoms with Crippen LogP contribution in [-0.2, 0) is 29.1 Å². The minimum Gasteiger partial charge on any atom is -0.472 e. The van der Waals surface area contributed by atoms with Crippen molar-refractivity contribution in [1.82, 2.24) is 25.2 Å². The average molecular weight is 709 g/mol. The van der Waals surface area contributed by atoms with E-state index in [9.17, 15) is 32.9 Å². The van der Waals surface area contributed by atoms with Gasteiger partial charge < -0.3 is 25.0 Å². The Morgan fingerprint density at radius 1 is 1.14 bits per heavy atom. The number of nitrogens with one attached hydrogen (secondary N) is 3. The van der Waals surface area contributed by atoms with Gasteiger partial charge in [-0.1, -0.05) is 26.8 Å². The van der Waals surface area contributed by atoms with Crippen LogP contribution in [0, 0.1) is 22.7 Å². The first-order valence-electron chi connectivity index (χ1n) is 16.5. The van der Waals surface area contributed by atoms with Gasteiger partial charge in [0, 0.05) is 23.9 Å². The maximum atomic E-state index is 14.4. The monoisotopic (exact) mass is 708 g/mol. The van der Waals surface area contributed by atoms with Crippen molar-refractivity contribution in [2.45, 2.75) is 102 Å². The van der Waals surface area contributed by atoms with Gasteiger partial charge in [0.2, 0.25) is 27.7 Å². The lowest BCUT2D eigenvalue weighted by atomic mass is 9.85. The zero-order valence-electron chi connectivity index (χ0n) is 29.1. The van der Waals surface area contributed by atoms with Crippen molar-refractivity contribution >= 4 is 44.6 Å². The van der Waals surface area contributed by atoms with Gasteiger partial charge >= 0.3 is 6.09 Å². The third kappa shape index (κ3) is 7.85. The lowest BCUT2D eigenvalue weighted by Gasteiger charge is -2.36. The Kier molecular flexibility index (Phi) is 9.66. The van der Waals surface area contributed by atoms with Gasteiger partial charge in [0.15, 0.2) is 0 Å². The van der Waals surface area contributed by atoms with Gasteiger partial charge in [0.1, 0.15) is 29.3 Å². The van der Waals surface area contributed by atoms with Gasteiger partial charge in [-0.25, -0.2) is 18.2 Å². The Bertz CT molecular complexity index is 1870. The van der Waals surface area contributed by atoms with E-state index < -0.39 is 79.7 Å². The molecule has 2 heterocycles. The number of nitriles is 1. The molecule has 0 bridgehead atoms. The van der Waals surface area contributed by atoms with E-state index in [0.717, 1.165) is 0 Å². The summed E-state index contributed by atoms with van der Waals surface area (Å²) in [7, 11) is -3.90. The molecule has 2 aromatic rings. The summed E-state index contributed by atoms with van der Waals surface area (Å²) >= 11 is 0. The largest absolute Gasteiger partial charge is 0.472 e. The SMILES string of the molecule is C=C[C@@H]1C[C@]1(NC(=O)[C@@H]1C[C@@H](Oc2nccc3cc(C#N)ccc23)CN1C(=O)[C@@H](NC(=O)OC(C)(C)C)C(C)(C)C)C(=O)NS(=O)(=O)C1CC1. The number of benzene rings is 1. The second-order valence-electron chi connectivity index (χ2n) is 15.3. The van der Waals surface area contributed by atoms with Gasteiger partial charge in [0.25, 0.3) is 5.91 Å². The van der Waals surface area contributed by atoms with Crippen molar-refractivity contribution in [1.29, 1.82) is 5.26 Å². The molecule has 5 rings (SSSR count). The highest BCUT2D eigenvalue weighted by Gasteiger charge is 2.62. The number of pyridine rings is 1. The molecular weight excluding hydrogens is 664 g/mol. The number of sulfonamides is 1. The summed E-state index contributed by atoms with van der Waals surface area (Å²) in [5, 5.41) is 15.5. The van der Waals surface area contributed by atoms with Crippen molar-refractivity contribution in [2.75, 3.05) is 6.54 Å². The zero-order valence-corrected chi connectivity index (χ0v) is 29.9. The summed E-state index contributed by atoms with van der Waals surface area (Å²) < 4.78 is 39.2. The van der Waals surface area contributed by atoms with Crippen molar-refractivity contribution in [3.63, 3.8) is 0 Å². The minimum atomic E-state index is -3.90. The first-order valence-corrected chi connectivity index (χ1v) is 18.1. The van der Waals surface area contributed by atoms with E-state index in [4.69, 9.17) is 9.47 Å². The van der Waals surface area contributed by atoms with Gasteiger partial charge in [-0.15, -0.1) is 6.58 Å². The number of alkyl carbamates (subject to hydrolysis) is 1. The number of hydrogen-bond acceptors (Lipinski definition) is 10. The molecule has 50 heavy (non-hydrogen) atoms. The topological polar surface area (TPSA) is 197 Å². The second-order valence-corrected chi connectivity index (χ2v) is 17.2. The van der Waals surface area contributed by atoms with Crippen molar-refractivity contribution in [2.24, 2.45) is 11.3 Å². The molecule has 1 aliphatic heterocycles. The summed E-state index contributed by atoms with van der Waals surface area (Å²) in [6.07, 6.45) is 2.47. The molecule has 2 saturated carbocycles. The van der Waals surface area contributed by atoms with Crippen LogP contribution in [0.15, 0.2) is 43.1 Å². The average Bonchev–Trinajstić information content (AvgIpc) is 3.95. The second kappa shape index (κ2) is 13.2. The fraction of sp³-hybridized carbons (Fsp3) is 0.543. The number of nitrogens with zero attached hydrogens (tertiary/aromatic N) is 3. The Labute approximate surface area is 292 Å². The lowest BCUT2D eigenvalue weighted by molar-refractivity contribution is -0.143. The van der Waals surface area contributed by atoms with E-state index >= 15 is 0 Å². The first-order chi connectivity index (χ1) is 23.3. The Balaban J connectivity index is 1.45. The van der Waals surface area contributed by atoms with Crippen LogP contribution in [-0.4, -0.2) is 83.2 Å². The van der Waals surface area contributed by atoms with Crippen LogP contribution >= 0.6 is 0 Å². The summed E-state index contributed by atoms with van der Waals surface area (Å²) in [4.78, 5) is 60.6. The highest BCUT2D eigenvalue weighted by atomic mass is 32.2. The predicted molar refractivity (Wildman–Crippen MR) is 183 cm³/mol. The Hall–Kier alpha value is -4.71. The number of carbonyl (C=O) groups excluding carboxylic acids is 4. The zero-order chi connectivity index (χ0) is 36.8. The number of rotatable bonds is 10. The van der Waals surface area contributed by atoms with E-state index in [1.807, 2.05) is 0 Å². The smallest absolute Gasteiger partial charge is 0.408 e. The van der Waals surface area contributed by atoms with Gasteiger partial charge in [0.05, 0.1) is 23.4 Å². The fourth-order valence-corrected chi connectivity index (χ4v) is 7.47. The van der Waals surface area contributed by atoms with Gasteiger partial charge in [-0.05, 0) is 75.1 Å². The van der Waals surface area contributed by atoms with Crippen LogP contribution in [0.3, 0.4) is 0 Å². The molecule has 4 amide bonds. The molecule has 2 aliphatic carbocycles. The van der Waals surface area contributed by atoms with E-state index in [0.29, 0.717) is 29.2 Å². The first kappa shape index (κ1) is 36.6. The molecular formula is C35H44N6O8S. The molecule has 268 valence electrons. The van der Waals surface area contributed by atoms with Crippen LogP contribution in [0.2, 0.25) is 0 Å². The lowest BCUT2D eigenvalue weighted by Crippen LogP contribution is -2.60. The summed E-state index contributed by atoms with van der Waals surface area (Å²) in [5.41, 5.74) is -2.78. The summed E-state index contributed by atoms with van der Waals surface area (Å²) in [5.74, 6) is -2.43. The molecule has 3 aliphatic rings. The number of aromatic nitrogens is 1. The number of hydrogen-bond donors (Lipinski definition) is 3. The predicted octanol–water partition coefficient (Wildman–Crippen LogP) is 3.06. The normalized spacial score (nSPS) is 24.0. The number of amides is 4. The Morgan fingerprint density at radius 2 is 1.84 bits per heavy atom. The van der Waals surface area contributed by atoms with Crippen LogP contribution in [0.4, 0.5) is 4.79 Å². The van der Waals surface area contributed by atoms with E-state index in [-0.39, 0.29) is 25.3 Å². The molecule has 14 nitrogen and oxygen atoms in total. The van der Waals surface area contributed by atoms with Crippen molar-refractivity contribution < 1.29 is 37.1 Å². The molecule has 1 aromatic carbocycles. The van der Waals surface area contributed by atoms with Crippen LogP contribution < -0.4 is 20.1 Å². The third-order valence-electron chi connectivity index (χ3n) is 9.01. The van der Waals surface area contributed by atoms with E-state index in [1.54, 1.807) is 65.8 Å². The van der Waals surface area contributed by atoms with Gasteiger partial charge in [-0.2, -0.15) is 5.26 Å². The van der Waals surface area contributed by atoms with Crippen molar-refractivity contribution in [3.05, 3.63) is 48.7 Å². The number of ether oxygens (including phenoxy) is 2. The van der Waals surface area contributed by atoms with E-state index in [2.05, 4.69) is 33.0 Å². The highest BCUT2D eigenvalue weighted by molar-refractivity contribution is 7.91. The minimum absolute atomic E-state index is 0.00789. The highest BCUT2D eigenvalue weighted by Crippen LogP contribution is 2.45.